The molecular weight excluding hydrogens is 266 g/mol. The van der Waals surface area contributed by atoms with Crippen molar-refractivity contribution >= 4 is 0 Å². The van der Waals surface area contributed by atoms with Crippen LogP contribution in [0, 0.1) is 0 Å². The van der Waals surface area contributed by atoms with Crippen LogP contribution < -0.4 is 14.8 Å². The summed E-state index contributed by atoms with van der Waals surface area (Å²) in [5, 5.41) is 7.81. The highest BCUT2D eigenvalue weighted by molar-refractivity contribution is 5.43. The number of aryl methyl sites for hydroxylation is 1. The van der Waals surface area contributed by atoms with E-state index in [0.717, 1.165) is 37.5 Å². The number of methoxy groups -OCH3 is 1. The van der Waals surface area contributed by atoms with Gasteiger partial charge in [0.25, 0.3) is 0 Å². The number of fused-ring (bicyclic) bond motifs is 1. The minimum atomic E-state index is 0.317. The largest absolute Gasteiger partial charge is 0.497 e. The van der Waals surface area contributed by atoms with E-state index in [4.69, 9.17) is 9.47 Å². The predicted molar refractivity (Wildman–Crippen MR) is 80.8 cm³/mol. The second kappa shape index (κ2) is 6.18. The van der Waals surface area contributed by atoms with Crippen molar-refractivity contribution in [3.05, 3.63) is 41.7 Å². The smallest absolute Gasteiger partial charge is 0.124 e. The van der Waals surface area contributed by atoms with E-state index in [-0.39, 0.29) is 0 Å². The predicted octanol–water partition coefficient (Wildman–Crippen LogP) is 2.08. The van der Waals surface area contributed by atoms with Gasteiger partial charge in [0, 0.05) is 49.9 Å². The standard InChI is InChI=1S/C16H21N3O2/c1-19-12(6-9-18-19)5-8-17-15-7-10-21-16-4-3-13(20-2)11-14(15)16/h3-4,6,9,11,15,17H,5,7-8,10H2,1-2H3. The Balaban J connectivity index is 1.66. The van der Waals surface area contributed by atoms with Gasteiger partial charge in [-0.3, -0.25) is 4.68 Å². The second-order valence-corrected chi connectivity index (χ2v) is 5.24. The number of benzene rings is 1. The van der Waals surface area contributed by atoms with Gasteiger partial charge in [-0.1, -0.05) is 0 Å². The Morgan fingerprint density at radius 2 is 2.33 bits per heavy atom. The first-order chi connectivity index (χ1) is 10.3. The van der Waals surface area contributed by atoms with Crippen LogP contribution in [-0.2, 0) is 13.5 Å². The van der Waals surface area contributed by atoms with Crippen molar-refractivity contribution in [3.8, 4) is 11.5 Å². The fourth-order valence-corrected chi connectivity index (χ4v) is 2.73. The van der Waals surface area contributed by atoms with Crippen molar-refractivity contribution in [2.45, 2.75) is 18.9 Å². The molecule has 0 aliphatic carbocycles. The first kappa shape index (κ1) is 13.9. The zero-order chi connectivity index (χ0) is 14.7. The molecule has 0 saturated heterocycles. The van der Waals surface area contributed by atoms with Crippen LogP contribution in [0.25, 0.3) is 0 Å². The van der Waals surface area contributed by atoms with Crippen LogP contribution >= 0.6 is 0 Å². The van der Waals surface area contributed by atoms with E-state index < -0.39 is 0 Å². The number of nitrogens with zero attached hydrogens (tertiary/aromatic N) is 2. The van der Waals surface area contributed by atoms with Gasteiger partial charge in [-0.25, -0.2) is 0 Å². The lowest BCUT2D eigenvalue weighted by Crippen LogP contribution is -2.29. The first-order valence-electron chi connectivity index (χ1n) is 7.29. The molecule has 1 aliphatic rings. The summed E-state index contributed by atoms with van der Waals surface area (Å²) >= 11 is 0. The monoisotopic (exact) mass is 287 g/mol. The van der Waals surface area contributed by atoms with Gasteiger partial charge in [-0.15, -0.1) is 0 Å². The zero-order valence-corrected chi connectivity index (χ0v) is 12.5. The molecule has 3 rings (SSSR count). The van der Waals surface area contributed by atoms with Crippen molar-refractivity contribution < 1.29 is 9.47 Å². The van der Waals surface area contributed by atoms with E-state index in [1.807, 2.05) is 30.1 Å². The molecule has 0 saturated carbocycles. The lowest BCUT2D eigenvalue weighted by molar-refractivity contribution is 0.252. The molecule has 1 aliphatic heterocycles. The Morgan fingerprint density at radius 3 is 3.10 bits per heavy atom. The fourth-order valence-electron chi connectivity index (χ4n) is 2.73. The molecule has 0 bridgehead atoms. The lowest BCUT2D eigenvalue weighted by atomic mass is 10.00. The summed E-state index contributed by atoms with van der Waals surface area (Å²) in [6, 6.07) is 8.37. The molecule has 2 aromatic rings. The van der Waals surface area contributed by atoms with Crippen molar-refractivity contribution in [3.63, 3.8) is 0 Å². The number of rotatable bonds is 5. The SMILES string of the molecule is COc1ccc2c(c1)C(NCCc1ccnn1C)CCO2. The van der Waals surface area contributed by atoms with Crippen LogP contribution in [0.5, 0.6) is 11.5 Å². The molecule has 0 fully saturated rings. The van der Waals surface area contributed by atoms with E-state index in [9.17, 15) is 0 Å². The molecule has 5 nitrogen and oxygen atoms in total. The normalized spacial score (nSPS) is 17.1. The average molecular weight is 287 g/mol. The van der Waals surface area contributed by atoms with Gasteiger partial charge in [0.1, 0.15) is 11.5 Å². The Kier molecular flexibility index (Phi) is 4.10. The quantitative estimate of drug-likeness (QED) is 0.915. The van der Waals surface area contributed by atoms with Gasteiger partial charge in [-0.2, -0.15) is 5.10 Å². The summed E-state index contributed by atoms with van der Waals surface area (Å²) in [7, 11) is 3.67. The molecule has 5 heteroatoms. The maximum Gasteiger partial charge on any atom is 0.124 e. The molecule has 21 heavy (non-hydrogen) atoms. The number of hydrogen-bond donors (Lipinski definition) is 1. The Labute approximate surface area is 124 Å². The lowest BCUT2D eigenvalue weighted by Gasteiger charge is -2.27. The Morgan fingerprint density at radius 1 is 1.43 bits per heavy atom. The van der Waals surface area contributed by atoms with Crippen LogP contribution in [-0.4, -0.2) is 30.0 Å². The molecule has 0 amide bonds. The third-order valence-electron chi connectivity index (χ3n) is 3.95. The van der Waals surface area contributed by atoms with E-state index in [1.54, 1.807) is 7.11 Å². The van der Waals surface area contributed by atoms with Crippen molar-refractivity contribution in [2.24, 2.45) is 7.05 Å². The molecule has 112 valence electrons. The summed E-state index contributed by atoms with van der Waals surface area (Å²) in [6.07, 6.45) is 3.78. The van der Waals surface area contributed by atoms with Gasteiger partial charge in [0.05, 0.1) is 13.7 Å². The summed E-state index contributed by atoms with van der Waals surface area (Å²) in [5.41, 5.74) is 2.42. The van der Waals surface area contributed by atoms with Crippen LogP contribution in [0.2, 0.25) is 0 Å². The van der Waals surface area contributed by atoms with Crippen molar-refractivity contribution in [1.82, 2.24) is 15.1 Å². The van der Waals surface area contributed by atoms with Crippen LogP contribution in [0.1, 0.15) is 23.7 Å². The molecule has 0 radical (unpaired) electrons. The minimum absolute atomic E-state index is 0.317. The van der Waals surface area contributed by atoms with Crippen LogP contribution in [0.15, 0.2) is 30.5 Å². The molecule has 1 atom stereocenters. The molecule has 1 N–H and O–H groups in total. The Bertz CT molecular complexity index is 609. The molecule has 1 aromatic heterocycles. The van der Waals surface area contributed by atoms with E-state index in [2.05, 4.69) is 22.5 Å². The number of nitrogens with one attached hydrogen (secondary N) is 1. The van der Waals surface area contributed by atoms with E-state index in [0.29, 0.717) is 6.04 Å². The van der Waals surface area contributed by atoms with Gasteiger partial charge in [0.15, 0.2) is 0 Å². The van der Waals surface area contributed by atoms with Gasteiger partial charge in [0.2, 0.25) is 0 Å². The highest BCUT2D eigenvalue weighted by Gasteiger charge is 2.21. The highest BCUT2D eigenvalue weighted by atomic mass is 16.5. The molecule has 0 spiro atoms. The summed E-state index contributed by atoms with van der Waals surface area (Å²) in [4.78, 5) is 0. The highest BCUT2D eigenvalue weighted by Crippen LogP contribution is 2.34. The van der Waals surface area contributed by atoms with Crippen LogP contribution in [0.4, 0.5) is 0 Å². The summed E-state index contributed by atoms with van der Waals surface area (Å²) < 4.78 is 12.9. The third kappa shape index (κ3) is 3.03. The topological polar surface area (TPSA) is 48.3 Å². The maximum absolute atomic E-state index is 5.71. The van der Waals surface area contributed by atoms with Crippen molar-refractivity contribution in [2.75, 3.05) is 20.3 Å². The average Bonchev–Trinajstić information content (AvgIpc) is 2.92. The van der Waals surface area contributed by atoms with E-state index in [1.165, 1.54) is 11.3 Å². The Hall–Kier alpha value is -2.01. The zero-order valence-electron chi connectivity index (χ0n) is 12.5. The number of ether oxygens (including phenoxy) is 2. The molecular formula is C16H21N3O2. The summed E-state index contributed by atoms with van der Waals surface area (Å²) in [6.45, 7) is 1.67. The first-order valence-corrected chi connectivity index (χ1v) is 7.29. The second-order valence-electron chi connectivity index (χ2n) is 5.24. The minimum Gasteiger partial charge on any atom is -0.497 e. The molecule has 2 heterocycles. The molecule has 1 aromatic carbocycles. The summed E-state index contributed by atoms with van der Waals surface area (Å²) in [5.74, 6) is 1.83. The van der Waals surface area contributed by atoms with Gasteiger partial charge < -0.3 is 14.8 Å². The molecule has 1 unspecified atom stereocenters. The third-order valence-corrected chi connectivity index (χ3v) is 3.95. The van der Waals surface area contributed by atoms with E-state index >= 15 is 0 Å². The van der Waals surface area contributed by atoms with Gasteiger partial charge >= 0.3 is 0 Å². The maximum atomic E-state index is 5.71. The fraction of sp³-hybridized carbons (Fsp3) is 0.438. The number of hydrogen-bond acceptors (Lipinski definition) is 4. The number of aromatic nitrogens is 2. The van der Waals surface area contributed by atoms with Crippen LogP contribution in [0.3, 0.4) is 0 Å². The van der Waals surface area contributed by atoms with Gasteiger partial charge in [-0.05, 0) is 24.3 Å². The van der Waals surface area contributed by atoms with Crippen molar-refractivity contribution in [1.29, 1.82) is 0 Å².